The van der Waals surface area contributed by atoms with E-state index in [9.17, 15) is 18.0 Å². The second kappa shape index (κ2) is 9.69. The maximum atomic E-state index is 12.3. The van der Waals surface area contributed by atoms with Gasteiger partial charge >= 0.3 is 5.97 Å². The number of thiophene rings is 1. The maximum Gasteiger partial charge on any atom is 0.338 e. The van der Waals surface area contributed by atoms with E-state index >= 15 is 0 Å². The van der Waals surface area contributed by atoms with E-state index in [1.165, 1.54) is 49.4 Å². The normalized spacial score (nSPS) is 12.1. The number of carbonyl (C=O) groups excluding carboxylic acids is 2. The number of hydrogen-bond donors (Lipinski definition) is 2. The SMILES string of the molecule is CC(OC(=O)c1ccc(NS(=O)(=O)c2cccs2)cc1)C(=O)Nc1ccc(Cl)cc1Cl. The van der Waals surface area contributed by atoms with Crippen LogP contribution in [0.15, 0.2) is 64.2 Å². The van der Waals surface area contributed by atoms with Crippen molar-refractivity contribution in [3.8, 4) is 0 Å². The molecular weight excluding hydrogens is 483 g/mol. The van der Waals surface area contributed by atoms with Gasteiger partial charge in [-0.2, -0.15) is 0 Å². The Bertz CT molecular complexity index is 1200. The molecular formula is C20H16Cl2N2O5S2. The van der Waals surface area contributed by atoms with Crippen molar-refractivity contribution in [3.63, 3.8) is 0 Å². The predicted molar refractivity (Wildman–Crippen MR) is 122 cm³/mol. The van der Waals surface area contributed by atoms with Crippen molar-refractivity contribution in [1.29, 1.82) is 0 Å². The van der Waals surface area contributed by atoms with Crippen molar-refractivity contribution in [2.24, 2.45) is 0 Å². The van der Waals surface area contributed by atoms with Crippen LogP contribution in [0.5, 0.6) is 0 Å². The van der Waals surface area contributed by atoms with E-state index in [2.05, 4.69) is 10.0 Å². The third-order valence-electron chi connectivity index (χ3n) is 3.97. The van der Waals surface area contributed by atoms with Gasteiger partial charge in [-0.15, -0.1) is 11.3 Å². The summed E-state index contributed by atoms with van der Waals surface area (Å²) < 4.78 is 32.3. The average Bonchev–Trinajstić information content (AvgIpc) is 3.26. The Morgan fingerprint density at radius 2 is 1.77 bits per heavy atom. The van der Waals surface area contributed by atoms with Gasteiger partial charge in [0.15, 0.2) is 6.10 Å². The summed E-state index contributed by atoms with van der Waals surface area (Å²) in [5.74, 6) is -1.31. The first-order chi connectivity index (χ1) is 14.7. The number of carbonyl (C=O) groups is 2. The number of amides is 1. The lowest BCUT2D eigenvalue weighted by Crippen LogP contribution is -2.30. The lowest BCUT2D eigenvalue weighted by molar-refractivity contribution is -0.123. The van der Waals surface area contributed by atoms with E-state index in [0.717, 1.165) is 11.3 Å². The van der Waals surface area contributed by atoms with E-state index < -0.39 is 28.0 Å². The minimum absolute atomic E-state index is 0.156. The van der Waals surface area contributed by atoms with Crippen LogP contribution in [0.4, 0.5) is 11.4 Å². The summed E-state index contributed by atoms with van der Waals surface area (Å²) in [6.07, 6.45) is -1.10. The summed E-state index contributed by atoms with van der Waals surface area (Å²) in [5, 5.41) is 4.89. The van der Waals surface area contributed by atoms with Gasteiger partial charge in [-0.25, -0.2) is 13.2 Å². The molecule has 31 heavy (non-hydrogen) atoms. The Morgan fingerprint density at radius 1 is 1.06 bits per heavy atom. The number of rotatable bonds is 7. The molecule has 0 radical (unpaired) electrons. The zero-order chi connectivity index (χ0) is 22.6. The molecule has 3 rings (SSSR count). The van der Waals surface area contributed by atoms with Crippen LogP contribution in [0.2, 0.25) is 10.0 Å². The van der Waals surface area contributed by atoms with Crippen LogP contribution in [0.3, 0.4) is 0 Å². The third kappa shape index (κ3) is 5.98. The van der Waals surface area contributed by atoms with Gasteiger partial charge in [-0.1, -0.05) is 29.3 Å². The number of sulfonamides is 1. The molecule has 1 amide bonds. The zero-order valence-electron chi connectivity index (χ0n) is 16.0. The summed E-state index contributed by atoms with van der Waals surface area (Å²) in [5.41, 5.74) is 0.776. The van der Waals surface area contributed by atoms with Crippen molar-refractivity contribution in [2.45, 2.75) is 17.2 Å². The topological polar surface area (TPSA) is 102 Å². The molecule has 1 unspecified atom stereocenters. The number of esters is 1. The molecule has 162 valence electrons. The number of halogens is 2. The summed E-state index contributed by atoms with van der Waals surface area (Å²) in [4.78, 5) is 24.6. The van der Waals surface area contributed by atoms with Crippen LogP contribution < -0.4 is 10.0 Å². The van der Waals surface area contributed by atoms with Gasteiger partial charge in [0.1, 0.15) is 4.21 Å². The molecule has 1 atom stereocenters. The van der Waals surface area contributed by atoms with E-state index in [1.807, 2.05) is 0 Å². The summed E-state index contributed by atoms with van der Waals surface area (Å²) in [7, 11) is -3.69. The summed E-state index contributed by atoms with van der Waals surface area (Å²) >= 11 is 12.9. The molecule has 2 aromatic carbocycles. The van der Waals surface area contributed by atoms with Crippen LogP contribution in [-0.2, 0) is 19.6 Å². The molecule has 0 aliphatic heterocycles. The molecule has 11 heteroatoms. The van der Waals surface area contributed by atoms with Gasteiger partial charge in [-0.3, -0.25) is 9.52 Å². The maximum absolute atomic E-state index is 12.3. The first kappa shape index (κ1) is 23.1. The minimum atomic E-state index is -3.69. The van der Waals surface area contributed by atoms with Crippen LogP contribution in [0.1, 0.15) is 17.3 Å². The third-order valence-corrected chi connectivity index (χ3v) is 7.30. The number of anilines is 2. The monoisotopic (exact) mass is 498 g/mol. The quantitative estimate of drug-likeness (QED) is 0.444. The minimum Gasteiger partial charge on any atom is -0.449 e. The smallest absolute Gasteiger partial charge is 0.338 e. The fraction of sp³-hybridized carbons (Fsp3) is 0.100. The van der Waals surface area contributed by atoms with Crippen LogP contribution in [0, 0.1) is 0 Å². The second-order valence-corrected chi connectivity index (χ2v) is 9.98. The van der Waals surface area contributed by atoms with Gasteiger partial charge in [0.2, 0.25) is 0 Å². The molecule has 0 saturated carbocycles. The van der Waals surface area contributed by atoms with E-state index in [-0.39, 0.29) is 20.5 Å². The summed E-state index contributed by atoms with van der Waals surface area (Å²) in [6, 6.07) is 13.4. The second-order valence-electron chi connectivity index (χ2n) is 6.28. The molecule has 3 aromatic rings. The Morgan fingerprint density at radius 3 is 2.39 bits per heavy atom. The molecule has 0 aliphatic rings. The molecule has 0 saturated heterocycles. The van der Waals surface area contributed by atoms with Gasteiger partial charge < -0.3 is 10.1 Å². The Kier molecular flexibility index (Phi) is 7.22. The highest BCUT2D eigenvalue weighted by Crippen LogP contribution is 2.26. The molecule has 1 heterocycles. The van der Waals surface area contributed by atoms with Crippen molar-refractivity contribution < 1.29 is 22.7 Å². The molecule has 2 N–H and O–H groups in total. The van der Waals surface area contributed by atoms with Gasteiger partial charge in [0, 0.05) is 10.7 Å². The molecule has 1 aromatic heterocycles. The van der Waals surface area contributed by atoms with Crippen molar-refractivity contribution in [2.75, 3.05) is 10.0 Å². The average molecular weight is 499 g/mol. The highest BCUT2D eigenvalue weighted by atomic mass is 35.5. The van der Waals surface area contributed by atoms with Gasteiger partial charge in [0.05, 0.1) is 16.3 Å². The number of ether oxygens (including phenoxy) is 1. The van der Waals surface area contributed by atoms with Crippen molar-refractivity contribution in [3.05, 3.63) is 75.6 Å². The van der Waals surface area contributed by atoms with E-state index in [4.69, 9.17) is 27.9 Å². The van der Waals surface area contributed by atoms with E-state index in [1.54, 1.807) is 17.5 Å². The summed E-state index contributed by atoms with van der Waals surface area (Å²) in [6.45, 7) is 1.42. The number of nitrogens with one attached hydrogen (secondary N) is 2. The van der Waals surface area contributed by atoms with E-state index in [0.29, 0.717) is 10.7 Å². The van der Waals surface area contributed by atoms with Crippen LogP contribution >= 0.6 is 34.5 Å². The first-order valence-corrected chi connectivity index (χ1v) is 11.9. The fourth-order valence-corrected chi connectivity index (χ4v) is 4.91. The fourth-order valence-electron chi connectivity index (χ4n) is 2.40. The Balaban J connectivity index is 1.60. The Hall–Kier alpha value is -2.59. The lowest BCUT2D eigenvalue weighted by Gasteiger charge is -2.14. The molecule has 0 spiro atoms. The Labute approximate surface area is 193 Å². The largest absolute Gasteiger partial charge is 0.449 e. The number of hydrogen-bond acceptors (Lipinski definition) is 6. The number of benzene rings is 2. The van der Waals surface area contributed by atoms with Gasteiger partial charge in [0.25, 0.3) is 15.9 Å². The molecule has 7 nitrogen and oxygen atoms in total. The van der Waals surface area contributed by atoms with Crippen molar-refractivity contribution in [1.82, 2.24) is 0 Å². The molecule has 0 bridgehead atoms. The van der Waals surface area contributed by atoms with Gasteiger partial charge in [-0.05, 0) is 60.8 Å². The first-order valence-electron chi connectivity index (χ1n) is 8.79. The highest BCUT2D eigenvalue weighted by molar-refractivity contribution is 7.94. The highest BCUT2D eigenvalue weighted by Gasteiger charge is 2.20. The van der Waals surface area contributed by atoms with Crippen LogP contribution in [-0.4, -0.2) is 26.4 Å². The lowest BCUT2D eigenvalue weighted by atomic mass is 10.2. The predicted octanol–water partition coefficient (Wildman–Crippen LogP) is 5.04. The zero-order valence-corrected chi connectivity index (χ0v) is 19.1. The van der Waals surface area contributed by atoms with Crippen molar-refractivity contribution >= 4 is 67.8 Å². The van der Waals surface area contributed by atoms with Crippen LogP contribution in [0.25, 0.3) is 0 Å². The standard InChI is InChI=1S/C20H16Cl2N2O5S2/c1-12(19(25)23-17-9-6-14(21)11-16(17)22)29-20(26)13-4-7-15(8-5-13)24-31(27,28)18-3-2-10-30-18/h2-12,24H,1H3,(H,23,25). The molecule has 0 aliphatic carbocycles. The molecule has 0 fully saturated rings.